The second-order valence-corrected chi connectivity index (χ2v) is 5.31. The number of carbonyl (C=O) groups excluding carboxylic acids is 1. The van der Waals surface area contributed by atoms with E-state index in [-0.39, 0.29) is 6.09 Å². The first-order valence-electron chi connectivity index (χ1n) is 7.04. The fourth-order valence-corrected chi connectivity index (χ4v) is 2.15. The molecule has 110 valence electrons. The molecule has 0 spiro atoms. The van der Waals surface area contributed by atoms with Crippen molar-refractivity contribution in [2.24, 2.45) is 0 Å². The lowest BCUT2D eigenvalue weighted by Gasteiger charge is -2.34. The molecule has 0 bridgehead atoms. The zero-order valence-electron chi connectivity index (χ0n) is 12.3. The van der Waals surface area contributed by atoms with Gasteiger partial charge in [-0.15, -0.1) is 0 Å². The summed E-state index contributed by atoms with van der Waals surface area (Å²) in [6.07, 6.45) is -0.247. The zero-order chi connectivity index (χ0) is 14.4. The Balaban J connectivity index is 1.74. The molecular weight excluding hydrogens is 254 g/mol. The first-order valence-corrected chi connectivity index (χ1v) is 7.04. The van der Waals surface area contributed by atoms with Crippen LogP contribution in [-0.4, -0.2) is 74.2 Å². The van der Waals surface area contributed by atoms with Crippen molar-refractivity contribution < 1.29 is 9.53 Å². The molecule has 0 unspecified atom stereocenters. The van der Waals surface area contributed by atoms with E-state index in [1.54, 1.807) is 17.0 Å². The fraction of sp³-hybridized carbons (Fsp3) is 0.533. The van der Waals surface area contributed by atoms with Gasteiger partial charge in [-0.3, -0.25) is 4.90 Å². The van der Waals surface area contributed by atoms with Crippen LogP contribution in [0.1, 0.15) is 0 Å². The highest BCUT2D eigenvalue weighted by molar-refractivity contribution is 5.70. The van der Waals surface area contributed by atoms with Gasteiger partial charge in [0.05, 0.1) is 0 Å². The number of rotatable bonds is 4. The van der Waals surface area contributed by atoms with Gasteiger partial charge in [0, 0.05) is 39.3 Å². The summed E-state index contributed by atoms with van der Waals surface area (Å²) in [5.41, 5.74) is 0. The van der Waals surface area contributed by atoms with E-state index in [1.165, 1.54) is 0 Å². The number of piperazine rings is 1. The Hall–Kier alpha value is -1.59. The molecule has 1 fully saturated rings. The van der Waals surface area contributed by atoms with Crippen LogP contribution in [0.25, 0.3) is 0 Å². The van der Waals surface area contributed by atoms with Crippen molar-refractivity contribution in [3.8, 4) is 5.75 Å². The maximum absolute atomic E-state index is 12.0. The number of carbonyl (C=O) groups is 1. The third-order valence-corrected chi connectivity index (χ3v) is 3.44. The van der Waals surface area contributed by atoms with Crippen molar-refractivity contribution in [1.29, 1.82) is 0 Å². The SMILES string of the molecule is CN(C)CCN1CCN(C(=O)Oc2ccccc2)CC1. The van der Waals surface area contributed by atoms with E-state index in [0.717, 1.165) is 39.3 Å². The standard InChI is InChI=1S/C15H23N3O2/c1-16(2)8-9-17-10-12-18(13-11-17)15(19)20-14-6-4-3-5-7-14/h3-7H,8-13H2,1-2H3. The van der Waals surface area contributed by atoms with E-state index in [0.29, 0.717) is 5.75 Å². The number of benzene rings is 1. The summed E-state index contributed by atoms with van der Waals surface area (Å²) in [5, 5.41) is 0. The van der Waals surface area contributed by atoms with Crippen LogP contribution in [0.3, 0.4) is 0 Å². The Bertz CT molecular complexity index is 414. The molecule has 1 amide bonds. The lowest BCUT2D eigenvalue weighted by atomic mass is 10.3. The number of hydrogen-bond donors (Lipinski definition) is 0. The molecule has 0 saturated carbocycles. The van der Waals surface area contributed by atoms with Crippen molar-refractivity contribution in [2.75, 3.05) is 53.4 Å². The minimum absolute atomic E-state index is 0.247. The van der Waals surface area contributed by atoms with Crippen LogP contribution in [0.2, 0.25) is 0 Å². The normalized spacial score (nSPS) is 16.4. The average Bonchev–Trinajstić information content (AvgIpc) is 2.46. The average molecular weight is 277 g/mol. The van der Waals surface area contributed by atoms with E-state index < -0.39 is 0 Å². The summed E-state index contributed by atoms with van der Waals surface area (Å²) < 4.78 is 5.35. The van der Waals surface area contributed by atoms with Gasteiger partial charge in [0.1, 0.15) is 5.75 Å². The van der Waals surface area contributed by atoms with Crippen molar-refractivity contribution in [2.45, 2.75) is 0 Å². The molecule has 0 N–H and O–H groups in total. The molecule has 1 aliphatic rings. The molecule has 5 heteroatoms. The maximum Gasteiger partial charge on any atom is 0.415 e. The number of likely N-dealkylation sites (N-methyl/N-ethyl adjacent to an activating group) is 1. The van der Waals surface area contributed by atoms with Crippen molar-refractivity contribution in [3.05, 3.63) is 30.3 Å². The van der Waals surface area contributed by atoms with Gasteiger partial charge in [-0.05, 0) is 26.2 Å². The number of amides is 1. The third kappa shape index (κ3) is 4.51. The lowest BCUT2D eigenvalue weighted by Crippen LogP contribution is -2.50. The molecule has 5 nitrogen and oxygen atoms in total. The fourth-order valence-electron chi connectivity index (χ4n) is 2.15. The number of ether oxygens (including phenoxy) is 1. The molecule has 0 aliphatic carbocycles. The molecule has 0 atom stereocenters. The monoisotopic (exact) mass is 277 g/mol. The summed E-state index contributed by atoms with van der Waals surface area (Å²) in [5.74, 6) is 0.604. The number of nitrogens with zero attached hydrogens (tertiary/aromatic N) is 3. The summed E-state index contributed by atoms with van der Waals surface area (Å²) in [7, 11) is 4.15. The van der Waals surface area contributed by atoms with Crippen LogP contribution in [0, 0.1) is 0 Å². The Morgan fingerprint density at radius 1 is 1.15 bits per heavy atom. The minimum Gasteiger partial charge on any atom is -0.410 e. The third-order valence-electron chi connectivity index (χ3n) is 3.44. The van der Waals surface area contributed by atoms with Crippen molar-refractivity contribution in [1.82, 2.24) is 14.7 Å². The van der Waals surface area contributed by atoms with Gasteiger partial charge >= 0.3 is 6.09 Å². The summed E-state index contributed by atoms with van der Waals surface area (Å²) >= 11 is 0. The Morgan fingerprint density at radius 2 is 1.80 bits per heavy atom. The van der Waals surface area contributed by atoms with E-state index in [9.17, 15) is 4.79 Å². The summed E-state index contributed by atoms with van der Waals surface area (Å²) in [6.45, 7) is 5.40. The quantitative estimate of drug-likeness (QED) is 0.833. The topological polar surface area (TPSA) is 36.0 Å². The van der Waals surface area contributed by atoms with E-state index in [4.69, 9.17) is 4.74 Å². The van der Waals surface area contributed by atoms with Crippen molar-refractivity contribution in [3.63, 3.8) is 0 Å². The van der Waals surface area contributed by atoms with Gasteiger partial charge < -0.3 is 14.5 Å². The maximum atomic E-state index is 12.0. The predicted molar refractivity (Wildman–Crippen MR) is 79.0 cm³/mol. The van der Waals surface area contributed by atoms with Gasteiger partial charge in [-0.2, -0.15) is 0 Å². The second-order valence-electron chi connectivity index (χ2n) is 5.31. The summed E-state index contributed by atoms with van der Waals surface area (Å²) in [4.78, 5) is 18.4. The van der Waals surface area contributed by atoms with E-state index in [1.807, 2.05) is 18.2 Å². The van der Waals surface area contributed by atoms with Gasteiger partial charge in [0.15, 0.2) is 0 Å². The van der Waals surface area contributed by atoms with Gasteiger partial charge in [-0.25, -0.2) is 4.79 Å². The Labute approximate surface area is 120 Å². The molecule has 0 radical (unpaired) electrons. The molecule has 2 rings (SSSR count). The van der Waals surface area contributed by atoms with Crippen LogP contribution in [0.5, 0.6) is 5.75 Å². The van der Waals surface area contributed by atoms with Gasteiger partial charge in [0.25, 0.3) is 0 Å². The largest absolute Gasteiger partial charge is 0.415 e. The van der Waals surface area contributed by atoms with Gasteiger partial charge in [-0.1, -0.05) is 18.2 Å². The molecule has 1 aromatic carbocycles. The van der Waals surface area contributed by atoms with Crippen molar-refractivity contribution >= 4 is 6.09 Å². The van der Waals surface area contributed by atoms with Crippen LogP contribution in [0.4, 0.5) is 4.79 Å². The highest BCUT2D eigenvalue weighted by Crippen LogP contribution is 2.11. The Morgan fingerprint density at radius 3 is 2.40 bits per heavy atom. The smallest absolute Gasteiger partial charge is 0.410 e. The second kappa shape index (κ2) is 7.26. The van der Waals surface area contributed by atoms with Gasteiger partial charge in [0.2, 0.25) is 0 Å². The van der Waals surface area contributed by atoms with E-state index in [2.05, 4.69) is 23.9 Å². The molecule has 0 aromatic heterocycles. The molecule has 1 saturated heterocycles. The molecule has 1 aromatic rings. The lowest BCUT2D eigenvalue weighted by molar-refractivity contribution is 0.107. The predicted octanol–water partition coefficient (Wildman–Crippen LogP) is 1.36. The first-order chi connectivity index (χ1) is 9.65. The molecule has 1 heterocycles. The van der Waals surface area contributed by atoms with E-state index >= 15 is 0 Å². The summed E-state index contributed by atoms with van der Waals surface area (Å²) in [6, 6.07) is 9.22. The number of hydrogen-bond acceptors (Lipinski definition) is 4. The van der Waals surface area contributed by atoms with Crippen LogP contribution < -0.4 is 4.74 Å². The number of para-hydroxylation sites is 1. The molecular formula is C15H23N3O2. The zero-order valence-corrected chi connectivity index (χ0v) is 12.3. The molecule has 1 aliphatic heterocycles. The minimum atomic E-state index is -0.247. The highest BCUT2D eigenvalue weighted by Gasteiger charge is 2.22. The first kappa shape index (κ1) is 14.8. The van der Waals surface area contributed by atoms with Crippen LogP contribution in [-0.2, 0) is 0 Å². The molecule has 20 heavy (non-hydrogen) atoms. The Kier molecular flexibility index (Phi) is 5.38. The highest BCUT2D eigenvalue weighted by atomic mass is 16.6. The van der Waals surface area contributed by atoms with Crippen LogP contribution >= 0.6 is 0 Å². The van der Waals surface area contributed by atoms with Crippen LogP contribution in [0.15, 0.2) is 30.3 Å².